The van der Waals surface area contributed by atoms with Crippen molar-refractivity contribution in [2.24, 2.45) is 0 Å². The topological polar surface area (TPSA) is 69.9 Å². The van der Waals surface area contributed by atoms with E-state index in [1.54, 1.807) is 12.3 Å². The molecule has 0 amide bonds. The summed E-state index contributed by atoms with van der Waals surface area (Å²) in [6.07, 6.45) is 3.60. The monoisotopic (exact) mass is 1050 g/mol. The maximum atomic E-state index is 7.76. The summed E-state index contributed by atoms with van der Waals surface area (Å²) in [5.41, 5.74) is 12.0. The van der Waals surface area contributed by atoms with Crippen LogP contribution in [0.25, 0.3) is 94.1 Å². The third-order valence-electron chi connectivity index (χ3n) is 11.8. The van der Waals surface area contributed by atoms with Crippen molar-refractivity contribution < 1.29 is 33.1 Å². The zero-order chi connectivity index (χ0) is 44.7. The second-order valence-corrected chi connectivity index (χ2v) is 27.8. The largest absolute Gasteiger partial charge is 0 e. The van der Waals surface area contributed by atoms with E-state index in [2.05, 4.69) is 132 Å². The first kappa shape index (κ1) is 37.9. The summed E-state index contributed by atoms with van der Waals surface area (Å²) in [4.78, 5) is 14.2. The number of pyridine rings is 2. The number of benzene rings is 6. The maximum absolute atomic E-state index is 7.76. The molecule has 6 nitrogen and oxygen atoms in total. The zero-order valence-corrected chi connectivity index (χ0v) is 40.1. The van der Waals surface area contributed by atoms with Gasteiger partial charge in [0.05, 0.1) is 22.4 Å². The van der Waals surface area contributed by atoms with Crippen LogP contribution < -0.4 is 4.40 Å². The molecule has 0 aliphatic carbocycles. The summed E-state index contributed by atoms with van der Waals surface area (Å²) < 4.78 is 39.7. The average Bonchev–Trinajstić information content (AvgIpc) is 3.98. The van der Waals surface area contributed by atoms with Gasteiger partial charge >= 0.3 is 110 Å². The minimum absolute atomic E-state index is 0. The van der Waals surface area contributed by atoms with Crippen LogP contribution in [-0.2, 0) is 20.1 Å². The summed E-state index contributed by atoms with van der Waals surface area (Å²) in [6.45, 7) is 6.60. The van der Waals surface area contributed by atoms with Crippen LogP contribution in [0.2, 0.25) is 17.3 Å². The third kappa shape index (κ3) is 7.06. The molecule has 0 aliphatic rings. The Labute approximate surface area is 382 Å². The first-order valence-corrected chi connectivity index (χ1v) is 28.0. The van der Waals surface area contributed by atoms with Gasteiger partial charge in [0.15, 0.2) is 0 Å². The summed E-state index contributed by atoms with van der Waals surface area (Å²) >= 11 is -2.10. The normalized spacial score (nSPS) is 12.8. The molecular weight excluding hydrogens is 1000 g/mol. The molecule has 0 saturated heterocycles. The van der Waals surface area contributed by atoms with Crippen LogP contribution in [0.5, 0.6) is 0 Å². The van der Waals surface area contributed by atoms with E-state index in [1.807, 2.05) is 54.7 Å². The molecule has 62 heavy (non-hydrogen) atoms. The molecule has 0 saturated carbocycles. The molecule has 5 heterocycles. The van der Waals surface area contributed by atoms with E-state index in [9.17, 15) is 0 Å². The zero-order valence-electron chi connectivity index (χ0n) is 38.6. The van der Waals surface area contributed by atoms with Gasteiger partial charge < -0.3 is 13.4 Å². The van der Waals surface area contributed by atoms with E-state index in [0.717, 1.165) is 98.3 Å². The number of hydrogen-bond acceptors (Lipinski definition) is 5. The Kier molecular flexibility index (Phi) is 9.84. The van der Waals surface area contributed by atoms with Crippen molar-refractivity contribution in [3.63, 3.8) is 0 Å². The van der Waals surface area contributed by atoms with Crippen molar-refractivity contribution in [1.82, 2.24) is 19.5 Å². The number of aromatic nitrogens is 4. The van der Waals surface area contributed by atoms with E-state index < -0.39 is 20.1 Å². The molecule has 1 radical (unpaired) electrons. The predicted molar refractivity (Wildman–Crippen MR) is 255 cm³/mol. The summed E-state index contributed by atoms with van der Waals surface area (Å²) in [7, 11) is 0. The number of imidazole rings is 1. The average molecular weight is 1050 g/mol. The van der Waals surface area contributed by atoms with Crippen molar-refractivity contribution >= 4 is 83.5 Å². The van der Waals surface area contributed by atoms with E-state index in [4.69, 9.17) is 17.9 Å². The van der Waals surface area contributed by atoms with E-state index in [0.29, 0.717) is 22.9 Å². The van der Waals surface area contributed by atoms with Crippen LogP contribution in [0.15, 0.2) is 136 Å². The molecule has 309 valence electrons. The van der Waals surface area contributed by atoms with Gasteiger partial charge in [0, 0.05) is 59.1 Å². The fraction of sp³-hybridized carbons (Fsp3) is 0.167. The number of nitrogens with zero attached hydrogens (tertiary/aromatic N) is 4. The van der Waals surface area contributed by atoms with Gasteiger partial charge in [0.25, 0.3) is 0 Å². The smallest absolute Gasteiger partial charge is 0 e. The van der Waals surface area contributed by atoms with Gasteiger partial charge in [-0.1, -0.05) is 67.3 Å². The number of hydrogen-bond donors (Lipinski definition) is 0. The first-order chi connectivity index (χ1) is 30.7. The SMILES string of the molecule is Cc1cc2c(oc3cc(C(C)C)ccc32)c(C)c1-n1c(-c2[c-]ccc3c2oc2ncccc23)nc2ccc3ccccc3c21.[2H]C([2H])([2H])c1c[c]([Ge]([CH3])([CH3])[CH3])cnc1-c1[c-]cccc1.[Ir]. The molecule has 0 N–H and O–H groups in total. The second-order valence-electron chi connectivity index (χ2n) is 17.2. The Morgan fingerprint density at radius 2 is 1.55 bits per heavy atom. The molecule has 0 unspecified atom stereocenters. The van der Waals surface area contributed by atoms with Crippen LogP contribution in [0.1, 0.15) is 46.1 Å². The van der Waals surface area contributed by atoms with Gasteiger partial charge in [0.1, 0.15) is 11.2 Å². The van der Waals surface area contributed by atoms with Crippen molar-refractivity contribution in [2.45, 2.75) is 57.7 Å². The second kappa shape index (κ2) is 16.1. The van der Waals surface area contributed by atoms with Crippen molar-refractivity contribution in [3.8, 4) is 28.3 Å². The molecule has 0 spiro atoms. The van der Waals surface area contributed by atoms with E-state index in [1.165, 1.54) is 5.56 Å². The standard InChI is InChI=1S/C39H28N3O2.C15H18GeN.Ir/c1-21(2)25-14-16-27-31-19-22(3)34(23(4)36(31)43-33(27)20-25)42-35-26-10-6-5-9-24(26)15-17-32(35)41-38(42)30-12-7-11-28-29-13-8-18-40-39(29)44-37(28)30;1-12-10-14(16(2,3)4)11-17-15(12)13-8-6-5-7-9-13;/h5-11,13-21H,1-4H3;5-8,10-11H,1-4H3;/q2*-1;/i;1D3;. The van der Waals surface area contributed by atoms with Crippen LogP contribution in [-0.4, -0.2) is 32.8 Å². The molecule has 0 aliphatic heterocycles. The third-order valence-corrected chi connectivity index (χ3v) is 16.0. The van der Waals surface area contributed by atoms with Crippen molar-refractivity contribution in [3.05, 3.63) is 162 Å². The molecule has 0 bridgehead atoms. The molecule has 5 aromatic heterocycles. The van der Waals surface area contributed by atoms with Gasteiger partial charge in [-0.15, -0.1) is 18.2 Å². The van der Waals surface area contributed by atoms with Crippen molar-refractivity contribution in [1.29, 1.82) is 0 Å². The van der Waals surface area contributed by atoms with E-state index >= 15 is 0 Å². The Bertz CT molecular complexity index is 3600. The quantitative estimate of drug-likeness (QED) is 0.127. The molecular formula is C54H46GeIrN4O2-2. The molecule has 0 fully saturated rings. The van der Waals surface area contributed by atoms with Gasteiger partial charge in [-0.2, -0.15) is 0 Å². The summed E-state index contributed by atoms with van der Waals surface area (Å²) in [5.74, 6) is 7.88. The van der Waals surface area contributed by atoms with Crippen molar-refractivity contribution in [2.75, 3.05) is 0 Å². The summed E-state index contributed by atoms with van der Waals surface area (Å²) in [5, 5.41) is 6.52. The van der Waals surface area contributed by atoms with E-state index in [-0.39, 0.29) is 20.1 Å². The number of fused-ring (bicyclic) bond motifs is 9. The Hall–Kier alpha value is -5.86. The molecule has 11 rings (SSSR count). The van der Waals surface area contributed by atoms with Gasteiger partial charge in [-0.3, -0.25) is 4.98 Å². The van der Waals surface area contributed by atoms with Crippen LogP contribution in [0.3, 0.4) is 0 Å². The van der Waals surface area contributed by atoms with Gasteiger partial charge in [0.2, 0.25) is 5.71 Å². The minimum atomic E-state index is -2.16. The maximum Gasteiger partial charge on any atom is 0 e. The van der Waals surface area contributed by atoms with Crippen LogP contribution in [0, 0.1) is 32.8 Å². The van der Waals surface area contributed by atoms with Gasteiger partial charge in [-0.25, -0.2) is 4.98 Å². The first-order valence-electron chi connectivity index (χ1n) is 22.2. The minimum Gasteiger partial charge on any atom is 0 e. The Balaban J connectivity index is 0.000000215. The van der Waals surface area contributed by atoms with Gasteiger partial charge in [-0.05, 0) is 66.6 Å². The van der Waals surface area contributed by atoms with Crippen LogP contribution in [0.4, 0.5) is 0 Å². The Morgan fingerprint density at radius 1 is 0.726 bits per heavy atom. The Morgan fingerprint density at radius 3 is 2.34 bits per heavy atom. The molecule has 6 aromatic carbocycles. The predicted octanol–water partition coefficient (Wildman–Crippen LogP) is 14.0. The molecule has 0 atom stereocenters. The fourth-order valence-corrected chi connectivity index (χ4v) is 10.7. The van der Waals surface area contributed by atoms with Crippen LogP contribution >= 0.6 is 0 Å². The number of aryl methyl sites for hydroxylation is 3. The molecule has 8 heteroatoms. The number of furan rings is 2. The fourth-order valence-electron chi connectivity index (χ4n) is 8.54. The molecule has 11 aromatic rings. The number of rotatable bonds is 5. The summed E-state index contributed by atoms with van der Waals surface area (Å²) in [6, 6.07) is 45.3.